The lowest BCUT2D eigenvalue weighted by Gasteiger charge is -2.36. The molecule has 0 amide bonds. The van der Waals surface area contributed by atoms with Gasteiger partial charge >= 0.3 is 0 Å². The number of hydroxylamine groups is 1. The van der Waals surface area contributed by atoms with Gasteiger partial charge in [-0.15, -0.1) is 0 Å². The highest BCUT2D eigenvalue weighted by molar-refractivity contribution is 6.25. The van der Waals surface area contributed by atoms with Gasteiger partial charge < -0.3 is 5.21 Å². The molecule has 3 aromatic rings. The molecule has 3 aromatic carbocycles. The number of ketones is 1. The summed E-state index contributed by atoms with van der Waals surface area (Å²) in [4.78, 5) is 12.2. The molecule has 0 radical (unpaired) electrons. The summed E-state index contributed by atoms with van der Waals surface area (Å²) >= 11 is 0. The van der Waals surface area contributed by atoms with Gasteiger partial charge in [0.1, 0.15) is 0 Å². The third-order valence-electron chi connectivity index (χ3n) is 5.66. The normalized spacial score (nSPS) is 17.3. The maximum absolute atomic E-state index is 14.0. The number of rotatable bonds is 3. The highest BCUT2D eigenvalue weighted by Crippen LogP contribution is 2.43. The van der Waals surface area contributed by atoms with Gasteiger partial charge in [0.05, 0.1) is 5.57 Å². The van der Waals surface area contributed by atoms with Crippen LogP contribution in [-0.4, -0.2) is 16.2 Å². The lowest BCUT2D eigenvalue weighted by atomic mass is 9.75. The number of nitrogens with zero attached hydrogens (tertiary/aromatic N) is 1. The van der Waals surface area contributed by atoms with Gasteiger partial charge in [-0.25, -0.2) is 0 Å². The number of allylic oxidation sites excluding steroid dienone is 5. The molecule has 3 heteroatoms. The third kappa shape index (κ3) is 2.75. The monoisotopic (exact) mass is 389 g/mol. The summed E-state index contributed by atoms with van der Waals surface area (Å²) in [5, 5.41) is 14.0. The zero-order valence-electron chi connectivity index (χ0n) is 16.2. The molecule has 1 heterocycles. The average molecular weight is 389 g/mol. The maximum atomic E-state index is 14.0. The van der Waals surface area contributed by atoms with Gasteiger partial charge in [-0.05, 0) is 23.3 Å². The summed E-state index contributed by atoms with van der Waals surface area (Å²) in [5.41, 5.74) is 3.69. The van der Waals surface area contributed by atoms with Crippen LogP contribution < -0.4 is 0 Å². The standard InChI is InChI=1S/C27H19NO2/c29-23-16-17-26-24(18-23)25(20-10-4-1-5-11-20)19-27(28(26)30,21-12-6-2-7-13-21)22-14-8-3-9-15-22/h1-19H. The molecule has 30 heavy (non-hydrogen) atoms. The van der Waals surface area contributed by atoms with E-state index in [0.717, 1.165) is 27.0 Å². The van der Waals surface area contributed by atoms with Crippen molar-refractivity contribution >= 4 is 17.1 Å². The zero-order valence-corrected chi connectivity index (χ0v) is 16.2. The topological polar surface area (TPSA) is 43.1 Å². The van der Waals surface area contributed by atoms with Crippen LogP contribution in [0.15, 0.2) is 121 Å². The number of carbonyl (C=O) groups is 1. The molecular weight excluding hydrogens is 370 g/mol. The Morgan fingerprint density at radius 2 is 1.20 bits per heavy atom. The molecule has 0 N–H and O–H groups in total. The summed E-state index contributed by atoms with van der Waals surface area (Å²) in [6.07, 6.45) is 6.65. The lowest BCUT2D eigenvalue weighted by Crippen LogP contribution is -2.43. The predicted octanol–water partition coefficient (Wildman–Crippen LogP) is 5.04. The highest BCUT2D eigenvalue weighted by atomic mass is 16.5. The number of hydrogen-bond acceptors (Lipinski definition) is 2. The molecule has 0 unspecified atom stereocenters. The van der Waals surface area contributed by atoms with Crippen LogP contribution in [0.4, 0.5) is 0 Å². The van der Waals surface area contributed by atoms with Gasteiger partial charge in [0, 0.05) is 23.3 Å². The molecule has 1 aliphatic heterocycles. The Morgan fingerprint density at radius 1 is 0.667 bits per heavy atom. The quantitative estimate of drug-likeness (QED) is 0.358. The van der Waals surface area contributed by atoms with Crippen molar-refractivity contribution in [3.63, 3.8) is 0 Å². The van der Waals surface area contributed by atoms with Crippen LogP contribution in [0.1, 0.15) is 16.7 Å². The molecule has 0 aromatic heterocycles. The molecule has 2 aliphatic rings. The Hall–Kier alpha value is -3.98. The van der Waals surface area contributed by atoms with Crippen molar-refractivity contribution in [3.8, 4) is 0 Å². The second kappa shape index (κ2) is 7.12. The highest BCUT2D eigenvalue weighted by Gasteiger charge is 2.47. The Morgan fingerprint density at radius 3 is 1.77 bits per heavy atom. The first kappa shape index (κ1) is 18.1. The fourth-order valence-corrected chi connectivity index (χ4v) is 4.25. The van der Waals surface area contributed by atoms with Crippen LogP contribution >= 0.6 is 0 Å². The van der Waals surface area contributed by atoms with Crippen molar-refractivity contribution in [2.24, 2.45) is 0 Å². The van der Waals surface area contributed by atoms with Gasteiger partial charge in [0.25, 0.3) is 0 Å². The maximum Gasteiger partial charge on any atom is 0.243 e. The molecule has 3 nitrogen and oxygen atoms in total. The second-order valence-corrected chi connectivity index (χ2v) is 7.40. The Balaban J connectivity index is 1.89. The van der Waals surface area contributed by atoms with Crippen molar-refractivity contribution < 1.29 is 9.53 Å². The van der Waals surface area contributed by atoms with Gasteiger partial charge in [0.15, 0.2) is 5.78 Å². The molecule has 0 bridgehead atoms. The lowest BCUT2D eigenvalue weighted by molar-refractivity contribution is -0.530. The summed E-state index contributed by atoms with van der Waals surface area (Å²) in [6, 6.07) is 29.5. The van der Waals surface area contributed by atoms with E-state index in [1.165, 1.54) is 6.08 Å². The number of fused-ring (bicyclic) bond motifs is 1. The van der Waals surface area contributed by atoms with Crippen LogP contribution in [0.25, 0.3) is 5.57 Å². The van der Waals surface area contributed by atoms with E-state index >= 15 is 0 Å². The van der Waals surface area contributed by atoms with E-state index in [0.29, 0.717) is 11.3 Å². The van der Waals surface area contributed by atoms with E-state index in [-0.39, 0.29) is 5.78 Å². The minimum atomic E-state index is -1.05. The van der Waals surface area contributed by atoms with Crippen LogP contribution in [0.2, 0.25) is 0 Å². The SMILES string of the molecule is O=C1C=CC2=[N+]([O-])C(c3ccccc3)(c3ccccc3)C=C(c3ccccc3)C2=C1. The van der Waals surface area contributed by atoms with E-state index in [2.05, 4.69) is 0 Å². The first-order valence-electron chi connectivity index (χ1n) is 9.88. The molecule has 0 fully saturated rings. The first-order valence-corrected chi connectivity index (χ1v) is 9.88. The Kier molecular flexibility index (Phi) is 4.29. The molecule has 0 spiro atoms. The minimum absolute atomic E-state index is 0.115. The number of carbonyl (C=O) groups excluding carboxylic acids is 1. The van der Waals surface area contributed by atoms with Crippen molar-refractivity contribution in [1.29, 1.82) is 0 Å². The Bertz CT molecular complexity index is 1190. The first-order chi connectivity index (χ1) is 14.7. The van der Waals surface area contributed by atoms with Crippen LogP contribution in [-0.2, 0) is 10.3 Å². The van der Waals surface area contributed by atoms with E-state index < -0.39 is 5.54 Å². The summed E-state index contributed by atoms with van der Waals surface area (Å²) in [6.45, 7) is 0. The van der Waals surface area contributed by atoms with Crippen LogP contribution in [0, 0.1) is 5.21 Å². The van der Waals surface area contributed by atoms with Crippen LogP contribution in [0.5, 0.6) is 0 Å². The van der Waals surface area contributed by atoms with E-state index in [1.54, 1.807) is 12.2 Å². The molecule has 0 atom stereocenters. The molecular formula is C27H19NO2. The van der Waals surface area contributed by atoms with E-state index in [1.807, 2.05) is 97.1 Å². The van der Waals surface area contributed by atoms with Crippen molar-refractivity contribution in [2.75, 3.05) is 0 Å². The smallest absolute Gasteiger partial charge is 0.243 e. The number of benzene rings is 3. The second-order valence-electron chi connectivity index (χ2n) is 7.40. The molecule has 0 saturated heterocycles. The summed E-state index contributed by atoms with van der Waals surface area (Å²) < 4.78 is 1.04. The summed E-state index contributed by atoms with van der Waals surface area (Å²) in [7, 11) is 0. The number of hydrogen-bond donors (Lipinski definition) is 0. The van der Waals surface area contributed by atoms with Gasteiger partial charge in [0.2, 0.25) is 11.3 Å². The third-order valence-corrected chi connectivity index (χ3v) is 5.66. The molecule has 0 saturated carbocycles. The van der Waals surface area contributed by atoms with E-state index in [4.69, 9.17) is 0 Å². The fourth-order valence-electron chi connectivity index (χ4n) is 4.25. The van der Waals surface area contributed by atoms with Gasteiger partial charge in [-0.2, -0.15) is 4.74 Å². The van der Waals surface area contributed by atoms with Gasteiger partial charge in [-0.1, -0.05) is 91.0 Å². The van der Waals surface area contributed by atoms with Crippen molar-refractivity contribution in [1.82, 2.24) is 0 Å². The minimum Gasteiger partial charge on any atom is -0.622 e. The molecule has 144 valence electrons. The molecule has 5 rings (SSSR count). The molecule has 1 aliphatic carbocycles. The Labute approximate surface area is 175 Å². The van der Waals surface area contributed by atoms with E-state index in [9.17, 15) is 10.0 Å². The fraction of sp³-hybridized carbons (Fsp3) is 0.0370. The van der Waals surface area contributed by atoms with Gasteiger partial charge in [-0.3, -0.25) is 4.79 Å². The summed E-state index contributed by atoms with van der Waals surface area (Å²) in [5.74, 6) is -0.115. The largest absolute Gasteiger partial charge is 0.622 e. The predicted molar refractivity (Wildman–Crippen MR) is 119 cm³/mol. The van der Waals surface area contributed by atoms with Crippen LogP contribution in [0.3, 0.4) is 0 Å². The average Bonchev–Trinajstić information content (AvgIpc) is 2.81. The zero-order chi connectivity index (χ0) is 20.6. The van der Waals surface area contributed by atoms with Crippen molar-refractivity contribution in [2.45, 2.75) is 5.54 Å². The van der Waals surface area contributed by atoms with Crippen molar-refractivity contribution in [3.05, 3.63) is 143 Å².